The molecule has 18 heavy (non-hydrogen) atoms. The van der Waals surface area contributed by atoms with Crippen molar-refractivity contribution in [1.29, 1.82) is 0 Å². The number of aliphatic hydroxyl groups excluding tert-OH is 1. The number of amides is 1. The summed E-state index contributed by atoms with van der Waals surface area (Å²) in [6.07, 6.45) is 1.73. The second-order valence-corrected chi connectivity index (χ2v) is 5.98. The number of likely N-dealkylation sites (tertiary alicyclic amines) is 1. The summed E-state index contributed by atoms with van der Waals surface area (Å²) in [6, 6.07) is 0. The van der Waals surface area contributed by atoms with Gasteiger partial charge in [0.25, 0.3) is 0 Å². The van der Waals surface area contributed by atoms with E-state index in [0.717, 1.165) is 32.5 Å². The van der Waals surface area contributed by atoms with Crippen LogP contribution in [0.25, 0.3) is 0 Å². The molecule has 0 aromatic heterocycles. The van der Waals surface area contributed by atoms with Gasteiger partial charge in [-0.25, -0.2) is 4.79 Å². The van der Waals surface area contributed by atoms with Crippen molar-refractivity contribution in [2.45, 2.75) is 39.2 Å². The van der Waals surface area contributed by atoms with Gasteiger partial charge in [0, 0.05) is 12.1 Å². The van der Waals surface area contributed by atoms with E-state index in [9.17, 15) is 4.79 Å². The molecule has 0 saturated carbocycles. The molecular formula is C13H26N2O3. The Labute approximate surface area is 109 Å². The number of nitrogens with one attached hydrogen (secondary N) is 1. The molecule has 0 aromatic carbocycles. The Morgan fingerprint density at radius 1 is 1.39 bits per heavy atom. The highest BCUT2D eigenvalue weighted by atomic mass is 16.5. The number of alkyl carbamates (subject to hydrolysis) is 1. The second-order valence-electron chi connectivity index (χ2n) is 5.98. The first kappa shape index (κ1) is 15.2. The van der Waals surface area contributed by atoms with Gasteiger partial charge in [-0.1, -0.05) is 0 Å². The fourth-order valence-electron chi connectivity index (χ4n) is 2.05. The molecule has 1 rings (SSSR count). The monoisotopic (exact) mass is 258 g/mol. The van der Waals surface area contributed by atoms with Gasteiger partial charge in [0.1, 0.15) is 0 Å². The Bertz CT molecular complexity index is 255. The van der Waals surface area contributed by atoms with Crippen LogP contribution in [0.2, 0.25) is 0 Å². The summed E-state index contributed by atoms with van der Waals surface area (Å²) < 4.78 is 5.23. The largest absolute Gasteiger partial charge is 0.449 e. The molecule has 1 heterocycles. The van der Waals surface area contributed by atoms with Gasteiger partial charge < -0.3 is 20.1 Å². The molecule has 0 bridgehead atoms. The lowest BCUT2D eigenvalue weighted by Crippen LogP contribution is -2.42. The maximum atomic E-state index is 11.5. The molecule has 5 heteroatoms. The minimum Gasteiger partial charge on any atom is -0.449 e. The summed E-state index contributed by atoms with van der Waals surface area (Å²) in [6.45, 7) is 9.22. The van der Waals surface area contributed by atoms with Crippen molar-refractivity contribution >= 4 is 6.09 Å². The number of nitrogens with zero attached hydrogens (tertiary/aromatic N) is 1. The van der Waals surface area contributed by atoms with Crippen molar-refractivity contribution in [3.63, 3.8) is 0 Å². The third kappa shape index (κ3) is 6.21. The summed E-state index contributed by atoms with van der Waals surface area (Å²) in [5.74, 6) is 0.450. The average molecular weight is 258 g/mol. The van der Waals surface area contributed by atoms with Gasteiger partial charge in [0.15, 0.2) is 0 Å². The number of ether oxygens (including phenoxy) is 1. The first-order chi connectivity index (χ1) is 8.40. The first-order valence-electron chi connectivity index (χ1n) is 6.69. The lowest BCUT2D eigenvalue weighted by atomic mass is 9.98. The molecule has 0 unspecified atom stereocenters. The molecule has 1 aliphatic heterocycles. The van der Waals surface area contributed by atoms with Crippen LogP contribution in [0.15, 0.2) is 0 Å². The fraction of sp³-hybridized carbons (Fsp3) is 0.923. The highest BCUT2D eigenvalue weighted by Gasteiger charge is 2.21. The predicted molar refractivity (Wildman–Crippen MR) is 70.5 cm³/mol. The first-order valence-corrected chi connectivity index (χ1v) is 6.69. The number of carbonyl (C=O) groups excluding carboxylic acids is 1. The van der Waals surface area contributed by atoms with E-state index >= 15 is 0 Å². The average Bonchev–Trinajstić information content (AvgIpc) is 2.26. The molecule has 1 aliphatic rings. The molecule has 0 spiro atoms. The number of piperidine rings is 1. The van der Waals surface area contributed by atoms with Crippen LogP contribution in [0, 0.1) is 5.92 Å². The maximum absolute atomic E-state index is 11.5. The second kappa shape index (κ2) is 6.95. The number of aliphatic hydroxyl groups is 1. The zero-order chi connectivity index (χ0) is 13.6. The Hall–Kier alpha value is -0.810. The Balaban J connectivity index is 2.16. The zero-order valence-corrected chi connectivity index (χ0v) is 11.7. The van der Waals surface area contributed by atoms with E-state index in [1.54, 1.807) is 0 Å². The van der Waals surface area contributed by atoms with Gasteiger partial charge in [0.2, 0.25) is 0 Å². The maximum Gasteiger partial charge on any atom is 0.407 e. The van der Waals surface area contributed by atoms with Crippen molar-refractivity contribution in [3.05, 3.63) is 0 Å². The fourth-order valence-corrected chi connectivity index (χ4v) is 2.05. The van der Waals surface area contributed by atoms with Crippen molar-refractivity contribution < 1.29 is 14.6 Å². The summed E-state index contributed by atoms with van der Waals surface area (Å²) >= 11 is 0. The van der Waals surface area contributed by atoms with Crippen LogP contribution in [0.1, 0.15) is 33.6 Å². The highest BCUT2D eigenvalue weighted by Crippen LogP contribution is 2.17. The van der Waals surface area contributed by atoms with Gasteiger partial charge >= 0.3 is 6.09 Å². The number of hydrogen-bond acceptors (Lipinski definition) is 4. The standard InChI is InChI=1S/C13H26N2O3/c1-13(2,3)14-12(17)18-10-11-4-6-15(7-5-11)8-9-16/h11,16H,4-10H2,1-3H3,(H,14,17). The molecule has 2 N–H and O–H groups in total. The Morgan fingerprint density at radius 2 is 2.00 bits per heavy atom. The van der Waals surface area contributed by atoms with Crippen LogP contribution in [0.5, 0.6) is 0 Å². The van der Waals surface area contributed by atoms with E-state index in [1.807, 2.05) is 20.8 Å². The molecule has 1 fully saturated rings. The number of rotatable bonds is 4. The van der Waals surface area contributed by atoms with Crippen LogP contribution in [0.4, 0.5) is 4.79 Å². The van der Waals surface area contributed by atoms with Crippen LogP contribution in [-0.2, 0) is 4.74 Å². The smallest absolute Gasteiger partial charge is 0.407 e. The van der Waals surface area contributed by atoms with Crippen molar-refractivity contribution in [2.24, 2.45) is 5.92 Å². The molecule has 0 aliphatic carbocycles. The molecule has 0 aromatic rings. The van der Waals surface area contributed by atoms with Gasteiger partial charge in [-0.15, -0.1) is 0 Å². The Morgan fingerprint density at radius 3 is 2.50 bits per heavy atom. The predicted octanol–water partition coefficient (Wildman–Crippen LogP) is 1.22. The summed E-state index contributed by atoms with van der Waals surface area (Å²) in [4.78, 5) is 13.7. The highest BCUT2D eigenvalue weighted by molar-refractivity contribution is 5.68. The van der Waals surface area contributed by atoms with Gasteiger partial charge in [-0.05, 0) is 52.6 Å². The lowest BCUT2D eigenvalue weighted by Gasteiger charge is -2.31. The van der Waals surface area contributed by atoms with Gasteiger partial charge in [-0.3, -0.25) is 0 Å². The van der Waals surface area contributed by atoms with Crippen molar-refractivity contribution in [1.82, 2.24) is 10.2 Å². The minimum absolute atomic E-state index is 0.217. The third-order valence-corrected chi connectivity index (χ3v) is 3.05. The quantitative estimate of drug-likeness (QED) is 0.796. The van der Waals surface area contributed by atoms with E-state index in [0.29, 0.717) is 12.5 Å². The molecule has 5 nitrogen and oxygen atoms in total. The van der Waals surface area contributed by atoms with Crippen LogP contribution in [-0.4, -0.2) is 54.5 Å². The van der Waals surface area contributed by atoms with Crippen LogP contribution in [0.3, 0.4) is 0 Å². The number of β-amino-alcohol motifs (C(OH)–C–C–N with tert-alkyl or cyclic N) is 1. The molecule has 1 saturated heterocycles. The third-order valence-electron chi connectivity index (χ3n) is 3.05. The van der Waals surface area contributed by atoms with Crippen LogP contribution < -0.4 is 5.32 Å². The molecule has 1 amide bonds. The van der Waals surface area contributed by atoms with Crippen LogP contribution >= 0.6 is 0 Å². The van der Waals surface area contributed by atoms with Crippen molar-refractivity contribution in [2.75, 3.05) is 32.8 Å². The lowest BCUT2D eigenvalue weighted by molar-refractivity contribution is 0.0862. The van der Waals surface area contributed by atoms with Gasteiger partial charge in [-0.2, -0.15) is 0 Å². The molecule has 0 atom stereocenters. The van der Waals surface area contributed by atoms with Crippen molar-refractivity contribution in [3.8, 4) is 0 Å². The minimum atomic E-state index is -0.333. The zero-order valence-electron chi connectivity index (χ0n) is 11.7. The normalized spacial score (nSPS) is 18.7. The summed E-state index contributed by atoms with van der Waals surface area (Å²) in [7, 11) is 0. The SMILES string of the molecule is CC(C)(C)NC(=O)OCC1CCN(CCO)CC1. The van der Waals surface area contributed by atoms with E-state index in [4.69, 9.17) is 9.84 Å². The topological polar surface area (TPSA) is 61.8 Å². The van der Waals surface area contributed by atoms with E-state index in [-0.39, 0.29) is 18.2 Å². The Kier molecular flexibility index (Phi) is 5.88. The number of hydrogen-bond donors (Lipinski definition) is 2. The van der Waals surface area contributed by atoms with Gasteiger partial charge in [0.05, 0.1) is 13.2 Å². The summed E-state index contributed by atoms with van der Waals surface area (Å²) in [5, 5.41) is 11.6. The number of carbonyl (C=O) groups is 1. The molecule has 106 valence electrons. The molecule has 0 radical (unpaired) electrons. The molecular weight excluding hydrogens is 232 g/mol. The van der Waals surface area contributed by atoms with E-state index in [2.05, 4.69) is 10.2 Å². The summed E-state index contributed by atoms with van der Waals surface area (Å²) in [5.41, 5.74) is -0.248. The van der Waals surface area contributed by atoms with E-state index in [1.165, 1.54) is 0 Å². The van der Waals surface area contributed by atoms with E-state index < -0.39 is 0 Å².